The molecule has 1 saturated carbocycles. The summed E-state index contributed by atoms with van der Waals surface area (Å²) in [5.74, 6) is -0.567. The highest BCUT2D eigenvalue weighted by atomic mass is 32.2. The van der Waals surface area contributed by atoms with Gasteiger partial charge in [0.05, 0.1) is 22.6 Å². The lowest BCUT2D eigenvalue weighted by Gasteiger charge is -2.31. The van der Waals surface area contributed by atoms with Gasteiger partial charge < -0.3 is 26.6 Å². The highest BCUT2D eigenvalue weighted by Gasteiger charge is 2.34. The number of benzene rings is 2. The zero-order valence-corrected chi connectivity index (χ0v) is 19.5. The third kappa shape index (κ3) is 4.85. The minimum Gasteiger partial charge on any atom is -0.369 e. The number of nitrogens with one attached hydrogen (secondary N) is 3. The molecule has 0 radical (unpaired) electrons. The summed E-state index contributed by atoms with van der Waals surface area (Å²) >= 11 is 1.29. The first-order valence-corrected chi connectivity index (χ1v) is 12.5. The Balaban J connectivity index is 1.45. The van der Waals surface area contributed by atoms with Gasteiger partial charge in [0.1, 0.15) is 0 Å². The molecule has 0 aromatic heterocycles. The van der Waals surface area contributed by atoms with Crippen LogP contribution in [0, 0.1) is 5.92 Å². The van der Waals surface area contributed by atoms with Crippen LogP contribution in [0.4, 0.5) is 35.9 Å². The number of alkyl halides is 3. The fraction of sp³-hybridized carbons (Fsp3) is 0.458. The summed E-state index contributed by atoms with van der Waals surface area (Å²) in [7, 11) is 0. The van der Waals surface area contributed by atoms with Gasteiger partial charge in [-0.1, -0.05) is 18.2 Å². The van der Waals surface area contributed by atoms with Crippen LogP contribution in [0.3, 0.4) is 0 Å². The second-order valence-electron chi connectivity index (χ2n) is 9.15. The van der Waals surface area contributed by atoms with Gasteiger partial charge in [-0.25, -0.2) is 0 Å². The Bertz CT molecular complexity index is 1090. The molecule has 1 amide bonds. The van der Waals surface area contributed by atoms with Crippen molar-refractivity contribution in [2.24, 2.45) is 11.7 Å². The second kappa shape index (κ2) is 9.31. The van der Waals surface area contributed by atoms with E-state index in [2.05, 4.69) is 20.9 Å². The maximum Gasteiger partial charge on any atom is 0.416 e. The standard InChI is InChI=1S/C24H28F3N5OS/c25-24(26,27)15-11-19(31-23(33)14-2-1-3-16(28)10-14)22-21(12-15)34-20-13-17(4-5-18(20)30-22)32-8-6-29-7-9-32/h4-5,11-14,16,29-30H,1-3,6-10,28H2,(H,31,33). The quantitative estimate of drug-likeness (QED) is 0.422. The van der Waals surface area contributed by atoms with Crippen molar-refractivity contribution >= 4 is 40.4 Å². The molecule has 6 nitrogen and oxygen atoms in total. The Hall–Kier alpha value is -2.43. The minimum absolute atomic E-state index is 0.0506. The first kappa shape index (κ1) is 23.3. The lowest BCUT2D eigenvalue weighted by Crippen LogP contribution is -2.43. The van der Waals surface area contributed by atoms with Crippen molar-refractivity contribution in [2.45, 2.75) is 47.7 Å². The number of nitrogens with two attached hydrogens (primary N) is 1. The van der Waals surface area contributed by atoms with Gasteiger partial charge in [0.15, 0.2) is 0 Å². The van der Waals surface area contributed by atoms with Gasteiger partial charge in [0.2, 0.25) is 5.91 Å². The lowest BCUT2D eigenvalue weighted by molar-refractivity contribution is -0.137. The number of nitrogens with zero attached hydrogens (tertiary/aromatic N) is 1. The average molecular weight is 492 g/mol. The van der Waals surface area contributed by atoms with Crippen LogP contribution in [0.1, 0.15) is 31.2 Å². The van der Waals surface area contributed by atoms with Crippen molar-refractivity contribution in [3.8, 4) is 0 Å². The van der Waals surface area contributed by atoms with E-state index in [0.717, 1.165) is 67.4 Å². The smallest absolute Gasteiger partial charge is 0.369 e. The summed E-state index contributed by atoms with van der Waals surface area (Å²) in [6.45, 7) is 3.56. The van der Waals surface area contributed by atoms with Gasteiger partial charge in [-0.15, -0.1) is 0 Å². The zero-order chi connectivity index (χ0) is 23.9. The number of anilines is 4. The summed E-state index contributed by atoms with van der Waals surface area (Å²) in [5, 5.41) is 9.38. The van der Waals surface area contributed by atoms with E-state index in [0.29, 0.717) is 23.4 Å². The van der Waals surface area contributed by atoms with Crippen LogP contribution >= 0.6 is 11.8 Å². The molecule has 2 aliphatic heterocycles. The number of hydrogen-bond donors (Lipinski definition) is 4. The number of fused-ring (bicyclic) bond motifs is 2. The molecule has 2 heterocycles. The molecule has 182 valence electrons. The first-order valence-electron chi connectivity index (χ1n) is 11.6. The molecule has 0 bridgehead atoms. The van der Waals surface area contributed by atoms with Gasteiger partial charge >= 0.3 is 6.18 Å². The SMILES string of the molecule is NC1CCCC(C(=O)Nc2cc(C(F)(F)F)cc3c2Nc2ccc(N4CCNCC4)cc2S3)C1. The fourth-order valence-corrected chi connectivity index (χ4v) is 5.95. The molecule has 34 heavy (non-hydrogen) atoms. The zero-order valence-electron chi connectivity index (χ0n) is 18.7. The average Bonchev–Trinajstić information content (AvgIpc) is 2.82. The molecule has 2 atom stereocenters. The number of rotatable bonds is 3. The van der Waals surface area contributed by atoms with Crippen LogP contribution in [0.2, 0.25) is 0 Å². The van der Waals surface area contributed by atoms with Crippen LogP contribution in [0.5, 0.6) is 0 Å². The third-order valence-corrected chi connectivity index (χ3v) is 7.80. The maximum absolute atomic E-state index is 13.7. The summed E-state index contributed by atoms with van der Waals surface area (Å²) in [6.07, 6.45) is -1.57. The van der Waals surface area contributed by atoms with E-state index in [9.17, 15) is 18.0 Å². The topological polar surface area (TPSA) is 82.4 Å². The number of halogens is 3. The van der Waals surface area contributed by atoms with Gasteiger partial charge in [-0.2, -0.15) is 13.2 Å². The van der Waals surface area contributed by atoms with Gasteiger partial charge in [0.25, 0.3) is 0 Å². The van der Waals surface area contributed by atoms with Crippen LogP contribution in [-0.4, -0.2) is 38.1 Å². The largest absolute Gasteiger partial charge is 0.416 e. The first-order chi connectivity index (χ1) is 16.3. The number of carbonyl (C=O) groups excluding carboxylic acids is 1. The number of amides is 1. The Morgan fingerprint density at radius 2 is 1.91 bits per heavy atom. The van der Waals surface area contributed by atoms with Crippen molar-refractivity contribution < 1.29 is 18.0 Å². The molecule has 1 saturated heterocycles. The van der Waals surface area contributed by atoms with Crippen LogP contribution in [0.25, 0.3) is 0 Å². The van der Waals surface area contributed by atoms with Gasteiger partial charge in [0, 0.05) is 53.6 Å². The van der Waals surface area contributed by atoms with E-state index in [4.69, 9.17) is 5.73 Å². The van der Waals surface area contributed by atoms with Crippen molar-refractivity contribution in [1.82, 2.24) is 5.32 Å². The number of hydrogen-bond acceptors (Lipinski definition) is 6. The minimum atomic E-state index is -4.52. The van der Waals surface area contributed by atoms with Gasteiger partial charge in [-0.05, 0) is 49.6 Å². The Morgan fingerprint density at radius 1 is 1.12 bits per heavy atom. The molecule has 0 spiro atoms. The van der Waals surface area contributed by atoms with Crippen molar-refractivity contribution in [3.05, 3.63) is 35.9 Å². The van der Waals surface area contributed by atoms with Crippen molar-refractivity contribution in [1.29, 1.82) is 0 Å². The van der Waals surface area contributed by atoms with Crippen LogP contribution in [0.15, 0.2) is 40.1 Å². The molecule has 2 aromatic rings. The highest BCUT2D eigenvalue weighted by molar-refractivity contribution is 7.99. The highest BCUT2D eigenvalue weighted by Crippen LogP contribution is 2.50. The predicted molar refractivity (Wildman–Crippen MR) is 129 cm³/mol. The summed E-state index contributed by atoms with van der Waals surface area (Å²) in [6, 6.07) is 8.11. The normalized spacial score (nSPS) is 22.4. The van der Waals surface area contributed by atoms with Crippen molar-refractivity contribution in [3.63, 3.8) is 0 Å². The Labute approximate surface area is 200 Å². The fourth-order valence-electron chi connectivity index (χ4n) is 4.86. The van der Waals surface area contributed by atoms with E-state index in [1.165, 1.54) is 11.8 Å². The Morgan fingerprint density at radius 3 is 2.65 bits per heavy atom. The van der Waals surface area contributed by atoms with E-state index in [1.807, 2.05) is 18.2 Å². The number of carbonyl (C=O) groups is 1. The summed E-state index contributed by atoms with van der Waals surface area (Å²) in [4.78, 5) is 16.5. The molecular formula is C24H28F3N5OS. The molecule has 5 N–H and O–H groups in total. The van der Waals surface area contributed by atoms with Gasteiger partial charge in [-0.3, -0.25) is 4.79 Å². The molecule has 10 heteroatoms. The third-order valence-electron chi connectivity index (χ3n) is 6.70. The maximum atomic E-state index is 13.7. The molecule has 2 fully saturated rings. The van der Waals surface area contributed by atoms with Crippen LogP contribution in [-0.2, 0) is 11.0 Å². The van der Waals surface area contributed by atoms with E-state index >= 15 is 0 Å². The molecule has 2 aromatic carbocycles. The monoisotopic (exact) mass is 491 g/mol. The summed E-state index contributed by atoms with van der Waals surface area (Å²) < 4.78 is 41.1. The molecule has 2 unspecified atom stereocenters. The molecular weight excluding hydrogens is 463 g/mol. The van der Waals surface area contributed by atoms with E-state index in [-0.39, 0.29) is 23.6 Å². The van der Waals surface area contributed by atoms with E-state index in [1.54, 1.807) is 0 Å². The van der Waals surface area contributed by atoms with E-state index < -0.39 is 11.7 Å². The Kier molecular flexibility index (Phi) is 6.39. The molecule has 5 rings (SSSR count). The molecule has 3 aliphatic rings. The van der Waals surface area contributed by atoms with Crippen LogP contribution < -0.4 is 26.6 Å². The second-order valence-corrected chi connectivity index (χ2v) is 10.2. The van der Waals surface area contributed by atoms with Crippen molar-refractivity contribution in [2.75, 3.05) is 41.7 Å². The summed E-state index contributed by atoms with van der Waals surface area (Å²) in [5.41, 5.74) is 7.74. The lowest BCUT2D eigenvalue weighted by atomic mass is 9.85. The number of piperazine rings is 1. The predicted octanol–water partition coefficient (Wildman–Crippen LogP) is 4.78. The molecule has 1 aliphatic carbocycles.